The zero-order valence-electron chi connectivity index (χ0n) is 18.4. The van der Waals surface area contributed by atoms with E-state index in [9.17, 15) is 14.0 Å². The first-order valence-corrected chi connectivity index (χ1v) is 10.2. The Labute approximate surface area is 180 Å². The summed E-state index contributed by atoms with van der Waals surface area (Å²) in [7, 11) is 3.00. The average Bonchev–Trinajstić information content (AvgIpc) is 2.76. The first kappa shape index (κ1) is 22.3. The molecule has 164 valence electrons. The molecular weight excluding hydrogens is 399 g/mol. The fourth-order valence-electron chi connectivity index (χ4n) is 3.63. The van der Waals surface area contributed by atoms with E-state index in [0.717, 1.165) is 0 Å². The van der Waals surface area contributed by atoms with Gasteiger partial charge in [0.1, 0.15) is 5.82 Å². The van der Waals surface area contributed by atoms with Crippen LogP contribution in [0.25, 0.3) is 10.8 Å². The number of benzene rings is 2. The first-order valence-electron chi connectivity index (χ1n) is 10.2. The van der Waals surface area contributed by atoms with Crippen molar-refractivity contribution in [3.05, 3.63) is 64.3 Å². The van der Waals surface area contributed by atoms with Crippen molar-refractivity contribution < 1.29 is 18.7 Å². The van der Waals surface area contributed by atoms with E-state index in [1.54, 1.807) is 39.9 Å². The van der Waals surface area contributed by atoms with Crippen molar-refractivity contribution in [2.75, 3.05) is 25.7 Å². The highest BCUT2D eigenvalue weighted by Crippen LogP contribution is 2.33. The highest BCUT2D eigenvalue weighted by molar-refractivity contribution is 6.14. The predicted molar refractivity (Wildman–Crippen MR) is 120 cm³/mol. The molecule has 0 radical (unpaired) electrons. The van der Waals surface area contributed by atoms with Crippen LogP contribution in [0.15, 0.2) is 47.4 Å². The molecule has 3 rings (SSSR count). The molecule has 3 aromatic rings. The van der Waals surface area contributed by atoms with E-state index in [4.69, 9.17) is 9.47 Å². The number of fused-ring (bicyclic) bond motifs is 1. The molecule has 0 saturated heterocycles. The second kappa shape index (κ2) is 9.20. The van der Waals surface area contributed by atoms with Gasteiger partial charge in [0.2, 0.25) is 0 Å². The molecule has 0 bridgehead atoms. The van der Waals surface area contributed by atoms with E-state index in [0.29, 0.717) is 46.6 Å². The maximum Gasteiger partial charge on any atom is 0.260 e. The Balaban J connectivity index is 2.27. The van der Waals surface area contributed by atoms with Gasteiger partial charge in [-0.05, 0) is 49.2 Å². The molecule has 0 saturated carbocycles. The van der Waals surface area contributed by atoms with E-state index >= 15 is 0 Å². The van der Waals surface area contributed by atoms with E-state index in [1.165, 1.54) is 26.4 Å². The summed E-state index contributed by atoms with van der Waals surface area (Å²) in [5, 5.41) is 0.854. The van der Waals surface area contributed by atoms with Crippen LogP contribution in [0.5, 0.6) is 11.5 Å². The van der Waals surface area contributed by atoms with E-state index in [1.807, 2.05) is 20.8 Å². The molecular formula is C24H27FN2O4. The number of aromatic nitrogens is 1. The quantitative estimate of drug-likeness (QED) is 0.559. The molecule has 0 aliphatic rings. The lowest BCUT2D eigenvalue weighted by molar-refractivity contribution is 0.0989. The lowest BCUT2D eigenvalue weighted by Crippen LogP contribution is -2.33. The summed E-state index contributed by atoms with van der Waals surface area (Å²) in [6.45, 7) is 6.69. The minimum absolute atomic E-state index is 0.203. The number of pyridine rings is 1. The number of hydrogen-bond donors (Lipinski definition) is 0. The van der Waals surface area contributed by atoms with Crippen molar-refractivity contribution in [3.63, 3.8) is 0 Å². The number of ether oxygens (including phenoxy) is 2. The van der Waals surface area contributed by atoms with Crippen LogP contribution in [0.2, 0.25) is 0 Å². The number of hydrogen-bond acceptors (Lipinski definition) is 4. The molecule has 6 nitrogen and oxygen atoms in total. The van der Waals surface area contributed by atoms with Crippen molar-refractivity contribution in [2.24, 2.45) is 5.92 Å². The third kappa shape index (κ3) is 4.40. The molecule has 0 spiro atoms. The Morgan fingerprint density at radius 2 is 1.65 bits per heavy atom. The van der Waals surface area contributed by atoms with Crippen LogP contribution in [0.4, 0.5) is 10.1 Å². The molecule has 0 aliphatic heterocycles. The topological polar surface area (TPSA) is 60.8 Å². The van der Waals surface area contributed by atoms with Gasteiger partial charge in [-0.15, -0.1) is 0 Å². The molecule has 7 heteroatoms. The average molecular weight is 426 g/mol. The Morgan fingerprint density at radius 3 is 2.16 bits per heavy atom. The molecule has 1 amide bonds. The predicted octanol–water partition coefficient (Wildman–Crippen LogP) is 4.48. The van der Waals surface area contributed by atoms with Gasteiger partial charge < -0.3 is 18.9 Å². The molecule has 0 fully saturated rings. The summed E-state index contributed by atoms with van der Waals surface area (Å²) in [6, 6.07) is 9.02. The summed E-state index contributed by atoms with van der Waals surface area (Å²) < 4.78 is 25.7. The third-order valence-corrected chi connectivity index (χ3v) is 5.08. The van der Waals surface area contributed by atoms with Crippen LogP contribution >= 0.6 is 0 Å². The van der Waals surface area contributed by atoms with Gasteiger partial charge in [0.25, 0.3) is 11.5 Å². The lowest BCUT2D eigenvalue weighted by Gasteiger charge is -2.23. The fourth-order valence-corrected chi connectivity index (χ4v) is 3.63. The monoisotopic (exact) mass is 426 g/mol. The molecule has 0 aliphatic carbocycles. The Hall–Kier alpha value is -3.35. The number of amides is 1. The summed E-state index contributed by atoms with van der Waals surface area (Å²) in [5.74, 6) is 0.384. The molecule has 0 atom stereocenters. The number of carbonyl (C=O) groups excluding carboxylic acids is 1. The van der Waals surface area contributed by atoms with Crippen molar-refractivity contribution in [1.82, 2.24) is 4.57 Å². The van der Waals surface area contributed by atoms with Crippen LogP contribution in [0.3, 0.4) is 0 Å². The molecule has 31 heavy (non-hydrogen) atoms. The Bertz CT molecular complexity index is 1150. The minimum atomic E-state index is -0.375. The fraction of sp³-hybridized carbons (Fsp3) is 0.333. The second-order valence-electron chi connectivity index (χ2n) is 7.67. The van der Waals surface area contributed by atoms with Crippen molar-refractivity contribution in [3.8, 4) is 11.5 Å². The van der Waals surface area contributed by atoms with Gasteiger partial charge in [-0.1, -0.05) is 13.8 Å². The van der Waals surface area contributed by atoms with Crippen molar-refractivity contribution >= 4 is 22.4 Å². The highest BCUT2D eigenvalue weighted by Gasteiger charge is 2.23. The smallest absolute Gasteiger partial charge is 0.260 e. The number of carbonyl (C=O) groups is 1. The first-order chi connectivity index (χ1) is 14.8. The maximum atomic E-state index is 13.6. The molecule has 1 aromatic heterocycles. The summed E-state index contributed by atoms with van der Waals surface area (Å²) in [4.78, 5) is 28.3. The van der Waals surface area contributed by atoms with Crippen molar-refractivity contribution in [2.45, 2.75) is 27.3 Å². The molecule has 2 aromatic carbocycles. The maximum absolute atomic E-state index is 13.6. The lowest BCUT2D eigenvalue weighted by atomic mass is 10.0. The van der Waals surface area contributed by atoms with Gasteiger partial charge in [0.05, 0.1) is 25.2 Å². The van der Waals surface area contributed by atoms with Gasteiger partial charge in [0, 0.05) is 30.4 Å². The molecule has 0 unspecified atom stereocenters. The minimum Gasteiger partial charge on any atom is -0.493 e. The molecule has 0 N–H and O–H groups in total. The molecule has 1 heterocycles. The number of anilines is 1. The van der Waals surface area contributed by atoms with Crippen LogP contribution in [0.1, 0.15) is 31.1 Å². The summed E-state index contributed by atoms with van der Waals surface area (Å²) in [6.07, 6.45) is 1.60. The third-order valence-electron chi connectivity index (χ3n) is 5.08. The van der Waals surface area contributed by atoms with Gasteiger partial charge in [-0.25, -0.2) is 4.39 Å². The standard InChI is InChI=1S/C24H27FN2O4/c1-6-27(17-9-7-16(25)8-10-17)24(29)20-14-26(13-15(2)3)23(28)19-12-22(31-5)21(30-4)11-18(19)20/h7-12,14-15H,6,13H2,1-5H3. The van der Waals surface area contributed by atoms with Gasteiger partial charge >= 0.3 is 0 Å². The zero-order chi connectivity index (χ0) is 22.7. The largest absolute Gasteiger partial charge is 0.493 e. The van der Waals surface area contributed by atoms with Crippen LogP contribution in [0, 0.1) is 11.7 Å². The van der Waals surface area contributed by atoms with Crippen LogP contribution in [-0.4, -0.2) is 31.2 Å². The second-order valence-corrected chi connectivity index (χ2v) is 7.67. The highest BCUT2D eigenvalue weighted by atomic mass is 19.1. The number of halogens is 1. The van der Waals surface area contributed by atoms with Crippen molar-refractivity contribution in [1.29, 1.82) is 0 Å². The summed E-state index contributed by atoms with van der Waals surface area (Å²) in [5.41, 5.74) is 0.734. The van der Waals surface area contributed by atoms with E-state index < -0.39 is 0 Å². The Morgan fingerprint density at radius 1 is 1.06 bits per heavy atom. The summed E-state index contributed by atoms with van der Waals surface area (Å²) >= 11 is 0. The normalized spacial score (nSPS) is 11.1. The van der Waals surface area contributed by atoms with Crippen LogP contribution < -0.4 is 19.9 Å². The Kier molecular flexibility index (Phi) is 6.63. The number of nitrogens with zero attached hydrogens (tertiary/aromatic N) is 2. The van der Waals surface area contributed by atoms with E-state index in [2.05, 4.69) is 0 Å². The van der Waals surface area contributed by atoms with Gasteiger partial charge in [-0.3, -0.25) is 9.59 Å². The van der Waals surface area contributed by atoms with Gasteiger partial charge in [0.15, 0.2) is 11.5 Å². The van der Waals surface area contributed by atoms with Crippen LogP contribution in [-0.2, 0) is 6.54 Å². The van der Waals surface area contributed by atoms with E-state index in [-0.39, 0.29) is 23.2 Å². The number of rotatable bonds is 7. The zero-order valence-corrected chi connectivity index (χ0v) is 18.4. The number of methoxy groups -OCH3 is 2. The van der Waals surface area contributed by atoms with Gasteiger partial charge in [-0.2, -0.15) is 0 Å². The SMILES string of the molecule is CCN(C(=O)c1cn(CC(C)C)c(=O)c2cc(OC)c(OC)cc12)c1ccc(F)cc1.